The van der Waals surface area contributed by atoms with Crippen LogP contribution >= 0.6 is 23.2 Å². The summed E-state index contributed by atoms with van der Waals surface area (Å²) in [5.74, 6) is 0.348. The molecule has 0 atom stereocenters. The lowest BCUT2D eigenvalue weighted by Gasteiger charge is -1.99. The third-order valence-corrected chi connectivity index (χ3v) is 4.01. The van der Waals surface area contributed by atoms with Crippen LogP contribution in [-0.2, 0) is 6.42 Å². The molecule has 0 unspecified atom stereocenters. The highest BCUT2D eigenvalue weighted by Gasteiger charge is 2.15. The second kappa shape index (κ2) is 6.44. The van der Waals surface area contributed by atoms with Gasteiger partial charge in [0.2, 0.25) is 0 Å². The fourth-order valence-corrected chi connectivity index (χ4v) is 2.43. The number of phenols is 1. The fourth-order valence-electron chi connectivity index (χ4n) is 2.13. The van der Waals surface area contributed by atoms with Crippen molar-refractivity contribution in [3.8, 4) is 17.1 Å². The number of hydrogen-bond donors (Lipinski definition) is 1. The first-order chi connectivity index (χ1) is 11.0. The SMILES string of the molecule is O=C(Cc1cccc(O)c1)c1cc(-c2ccc(Cl)c(Cl)c2)on1. The molecular weight excluding hydrogens is 337 g/mol. The first-order valence-corrected chi connectivity index (χ1v) is 7.52. The monoisotopic (exact) mass is 347 g/mol. The summed E-state index contributed by atoms with van der Waals surface area (Å²) in [5, 5.41) is 14.1. The first kappa shape index (κ1) is 15.6. The Kier molecular flexibility index (Phi) is 4.37. The average Bonchev–Trinajstić information content (AvgIpc) is 3.00. The lowest BCUT2D eigenvalue weighted by molar-refractivity contribution is 0.0984. The van der Waals surface area contributed by atoms with Crippen molar-refractivity contribution < 1.29 is 14.4 Å². The topological polar surface area (TPSA) is 63.3 Å². The van der Waals surface area contributed by atoms with Gasteiger partial charge < -0.3 is 9.63 Å². The molecule has 3 rings (SSSR count). The number of nitrogens with zero attached hydrogens (tertiary/aromatic N) is 1. The van der Waals surface area contributed by atoms with Crippen molar-refractivity contribution in [2.75, 3.05) is 0 Å². The number of benzene rings is 2. The Hall–Kier alpha value is -2.30. The molecule has 6 heteroatoms. The number of ketones is 1. The van der Waals surface area contributed by atoms with E-state index in [0.29, 0.717) is 26.9 Å². The van der Waals surface area contributed by atoms with E-state index in [-0.39, 0.29) is 23.6 Å². The van der Waals surface area contributed by atoms with Crippen LogP contribution < -0.4 is 0 Å². The van der Waals surface area contributed by atoms with Crippen LogP contribution in [0.3, 0.4) is 0 Å². The number of halogens is 2. The van der Waals surface area contributed by atoms with Crippen LogP contribution in [0.2, 0.25) is 10.0 Å². The van der Waals surface area contributed by atoms with Crippen molar-refractivity contribution in [3.63, 3.8) is 0 Å². The normalized spacial score (nSPS) is 10.7. The zero-order chi connectivity index (χ0) is 16.4. The van der Waals surface area contributed by atoms with E-state index in [1.165, 1.54) is 6.07 Å². The lowest BCUT2D eigenvalue weighted by atomic mass is 10.1. The van der Waals surface area contributed by atoms with Gasteiger partial charge in [-0.2, -0.15) is 0 Å². The summed E-state index contributed by atoms with van der Waals surface area (Å²) in [6, 6.07) is 13.1. The number of rotatable bonds is 4. The van der Waals surface area contributed by atoms with Crippen LogP contribution in [-0.4, -0.2) is 16.0 Å². The number of aromatic hydroxyl groups is 1. The van der Waals surface area contributed by atoms with Gasteiger partial charge in [-0.15, -0.1) is 0 Å². The molecular formula is C17H11Cl2NO3. The first-order valence-electron chi connectivity index (χ1n) is 6.76. The lowest BCUT2D eigenvalue weighted by Crippen LogP contribution is -2.03. The van der Waals surface area contributed by atoms with Gasteiger partial charge in [-0.25, -0.2) is 0 Å². The molecule has 0 aliphatic rings. The third-order valence-electron chi connectivity index (χ3n) is 3.28. The van der Waals surface area contributed by atoms with Crippen LogP contribution in [0.4, 0.5) is 0 Å². The second-order valence-electron chi connectivity index (χ2n) is 4.98. The predicted molar refractivity (Wildman–Crippen MR) is 88.1 cm³/mol. The van der Waals surface area contributed by atoms with Crippen molar-refractivity contribution in [1.82, 2.24) is 5.16 Å². The zero-order valence-corrected chi connectivity index (χ0v) is 13.3. The minimum Gasteiger partial charge on any atom is -0.508 e. The van der Waals surface area contributed by atoms with Gasteiger partial charge in [0.25, 0.3) is 0 Å². The highest BCUT2D eigenvalue weighted by atomic mass is 35.5. The van der Waals surface area contributed by atoms with Crippen molar-refractivity contribution in [1.29, 1.82) is 0 Å². The fraction of sp³-hybridized carbons (Fsp3) is 0.0588. The molecule has 2 aromatic carbocycles. The molecule has 23 heavy (non-hydrogen) atoms. The highest BCUT2D eigenvalue weighted by molar-refractivity contribution is 6.42. The smallest absolute Gasteiger partial charge is 0.189 e. The Labute approximate surface area is 142 Å². The van der Waals surface area contributed by atoms with Gasteiger partial charge in [-0.05, 0) is 35.9 Å². The summed E-state index contributed by atoms with van der Waals surface area (Å²) >= 11 is 11.8. The van der Waals surface area contributed by atoms with Crippen LogP contribution in [0.5, 0.6) is 5.75 Å². The van der Waals surface area contributed by atoms with Gasteiger partial charge in [-0.1, -0.05) is 40.5 Å². The maximum absolute atomic E-state index is 12.2. The molecule has 1 heterocycles. The van der Waals surface area contributed by atoms with Crippen LogP contribution in [0, 0.1) is 0 Å². The summed E-state index contributed by atoms with van der Waals surface area (Å²) in [4.78, 5) is 12.2. The molecule has 0 saturated heterocycles. The quantitative estimate of drug-likeness (QED) is 0.689. The number of hydrogen-bond acceptors (Lipinski definition) is 4. The van der Waals surface area contributed by atoms with Crippen molar-refractivity contribution in [2.24, 2.45) is 0 Å². The number of aromatic nitrogens is 1. The molecule has 116 valence electrons. The second-order valence-corrected chi connectivity index (χ2v) is 5.79. The number of Topliss-reactive ketones (excluding diaryl/α,β-unsaturated/α-hetero) is 1. The molecule has 3 aromatic rings. The van der Waals surface area contributed by atoms with E-state index >= 15 is 0 Å². The van der Waals surface area contributed by atoms with Gasteiger partial charge in [0, 0.05) is 18.1 Å². The third kappa shape index (κ3) is 3.55. The Morgan fingerprint density at radius 2 is 1.91 bits per heavy atom. The van der Waals surface area contributed by atoms with Gasteiger partial charge in [0.15, 0.2) is 17.2 Å². The molecule has 0 fully saturated rings. The Morgan fingerprint density at radius 3 is 2.65 bits per heavy atom. The maximum atomic E-state index is 12.2. The van der Waals surface area contributed by atoms with Crippen molar-refractivity contribution in [2.45, 2.75) is 6.42 Å². The van der Waals surface area contributed by atoms with E-state index in [1.807, 2.05) is 0 Å². The summed E-state index contributed by atoms with van der Waals surface area (Å²) < 4.78 is 5.21. The number of carbonyl (C=O) groups is 1. The molecule has 1 N–H and O–H groups in total. The van der Waals surface area contributed by atoms with Gasteiger partial charge in [0.1, 0.15) is 5.75 Å². The zero-order valence-electron chi connectivity index (χ0n) is 11.8. The molecule has 0 radical (unpaired) electrons. The molecule has 0 aliphatic heterocycles. The van der Waals surface area contributed by atoms with E-state index in [4.69, 9.17) is 27.7 Å². The Bertz CT molecular complexity index is 874. The van der Waals surface area contributed by atoms with E-state index in [1.54, 1.807) is 42.5 Å². The predicted octanol–water partition coefficient (Wildman–Crippen LogP) is 4.78. The molecule has 0 saturated carbocycles. The van der Waals surface area contributed by atoms with Crippen LogP contribution in [0.25, 0.3) is 11.3 Å². The van der Waals surface area contributed by atoms with Crippen molar-refractivity contribution >= 4 is 29.0 Å². The maximum Gasteiger partial charge on any atom is 0.189 e. The largest absolute Gasteiger partial charge is 0.508 e. The summed E-state index contributed by atoms with van der Waals surface area (Å²) in [6.07, 6.45) is 0.127. The van der Waals surface area contributed by atoms with E-state index in [2.05, 4.69) is 5.16 Å². The Balaban J connectivity index is 1.81. The minimum atomic E-state index is -0.203. The molecule has 0 spiro atoms. The molecule has 0 amide bonds. The van der Waals surface area contributed by atoms with Crippen LogP contribution in [0.15, 0.2) is 53.1 Å². The minimum absolute atomic E-state index is 0.118. The molecule has 1 aromatic heterocycles. The number of phenolic OH excluding ortho intramolecular Hbond substituents is 1. The van der Waals surface area contributed by atoms with E-state index in [9.17, 15) is 9.90 Å². The summed E-state index contributed by atoms with van der Waals surface area (Å²) in [7, 11) is 0. The number of carbonyl (C=O) groups excluding carboxylic acids is 1. The van der Waals surface area contributed by atoms with Crippen LogP contribution in [0.1, 0.15) is 16.1 Å². The van der Waals surface area contributed by atoms with Gasteiger partial charge in [0.05, 0.1) is 10.0 Å². The van der Waals surface area contributed by atoms with E-state index in [0.717, 1.165) is 0 Å². The van der Waals surface area contributed by atoms with Crippen molar-refractivity contribution in [3.05, 3.63) is 69.8 Å². The Morgan fingerprint density at radius 1 is 1.09 bits per heavy atom. The standard InChI is InChI=1S/C17H11Cl2NO3/c18-13-5-4-11(8-14(13)19)17-9-15(20-23-17)16(22)7-10-2-1-3-12(21)6-10/h1-6,8-9,21H,7H2. The average molecular weight is 348 g/mol. The van der Waals surface area contributed by atoms with Gasteiger partial charge in [-0.3, -0.25) is 4.79 Å². The molecule has 0 aliphatic carbocycles. The van der Waals surface area contributed by atoms with E-state index < -0.39 is 0 Å². The van der Waals surface area contributed by atoms with Gasteiger partial charge >= 0.3 is 0 Å². The summed E-state index contributed by atoms with van der Waals surface area (Å²) in [6.45, 7) is 0. The highest BCUT2D eigenvalue weighted by Crippen LogP contribution is 2.29. The molecule has 4 nitrogen and oxygen atoms in total. The summed E-state index contributed by atoms with van der Waals surface area (Å²) in [5.41, 5.74) is 1.60. The molecule has 0 bridgehead atoms.